The van der Waals surface area contributed by atoms with E-state index in [0.717, 1.165) is 0 Å². The van der Waals surface area contributed by atoms with Crippen LogP contribution in [0.5, 0.6) is 0 Å². The summed E-state index contributed by atoms with van der Waals surface area (Å²) in [5.74, 6) is -0.0226. The molecule has 0 aliphatic rings. The van der Waals surface area contributed by atoms with Crippen molar-refractivity contribution in [2.24, 2.45) is 0 Å². The van der Waals surface area contributed by atoms with Crippen molar-refractivity contribution in [3.63, 3.8) is 0 Å². The predicted octanol–water partition coefficient (Wildman–Crippen LogP) is 0.306. The molecule has 0 bridgehead atoms. The lowest BCUT2D eigenvalue weighted by Crippen LogP contribution is -2.24. The first kappa shape index (κ1) is 9.14. The van der Waals surface area contributed by atoms with Crippen LogP contribution < -0.4 is 5.32 Å². The number of ketones is 1. The molecule has 0 heterocycles. The second-order valence-electron chi connectivity index (χ2n) is 2.05. The standard InChI is InChI=1S/C7H12NO2/c1-3-7(10)8-5-4-6(2)9/h1,3-5H2,2H3,(H,8,10). The average molecular weight is 142 g/mol. The summed E-state index contributed by atoms with van der Waals surface area (Å²) in [6.45, 7) is 5.32. The number of carbonyl (C=O) groups is 2. The quantitative estimate of drug-likeness (QED) is 0.614. The van der Waals surface area contributed by atoms with Crippen LogP contribution in [0.15, 0.2) is 0 Å². The predicted molar refractivity (Wildman–Crippen MR) is 38.3 cm³/mol. The van der Waals surface area contributed by atoms with Crippen LogP contribution in [0.3, 0.4) is 0 Å². The van der Waals surface area contributed by atoms with Gasteiger partial charge in [0.25, 0.3) is 0 Å². The van der Waals surface area contributed by atoms with Gasteiger partial charge in [0.2, 0.25) is 5.91 Å². The molecule has 0 aromatic rings. The number of nitrogens with one attached hydrogen (secondary N) is 1. The molecule has 0 fully saturated rings. The van der Waals surface area contributed by atoms with Gasteiger partial charge in [0.15, 0.2) is 0 Å². The van der Waals surface area contributed by atoms with Crippen LogP contribution in [0.4, 0.5) is 0 Å². The first-order valence-corrected chi connectivity index (χ1v) is 3.22. The molecule has 0 aliphatic heterocycles. The van der Waals surface area contributed by atoms with Crippen LogP contribution in [0.1, 0.15) is 19.8 Å². The summed E-state index contributed by atoms with van der Waals surface area (Å²) in [4.78, 5) is 20.9. The molecule has 0 aromatic heterocycles. The van der Waals surface area contributed by atoms with Gasteiger partial charge < -0.3 is 5.32 Å². The first-order valence-electron chi connectivity index (χ1n) is 3.22. The Morgan fingerprint density at radius 1 is 1.50 bits per heavy atom. The van der Waals surface area contributed by atoms with Crippen molar-refractivity contribution in [3.05, 3.63) is 6.92 Å². The molecule has 1 radical (unpaired) electrons. The fourth-order valence-electron chi connectivity index (χ4n) is 0.466. The molecule has 0 unspecified atom stereocenters. The van der Waals surface area contributed by atoms with E-state index in [4.69, 9.17) is 0 Å². The molecular weight excluding hydrogens is 130 g/mol. The molecule has 10 heavy (non-hydrogen) atoms. The highest BCUT2D eigenvalue weighted by Crippen LogP contribution is 1.79. The van der Waals surface area contributed by atoms with Crippen molar-refractivity contribution < 1.29 is 9.59 Å². The smallest absolute Gasteiger partial charge is 0.220 e. The Hall–Kier alpha value is -0.860. The lowest BCUT2D eigenvalue weighted by molar-refractivity contribution is -0.120. The Labute approximate surface area is 60.8 Å². The second kappa shape index (κ2) is 4.97. The maximum absolute atomic E-state index is 10.5. The third-order valence-corrected chi connectivity index (χ3v) is 1.03. The molecular formula is C7H12NO2. The highest BCUT2D eigenvalue weighted by molar-refractivity contribution is 5.78. The Morgan fingerprint density at radius 3 is 2.50 bits per heavy atom. The Morgan fingerprint density at radius 2 is 2.10 bits per heavy atom. The zero-order valence-electron chi connectivity index (χ0n) is 6.14. The lowest BCUT2D eigenvalue weighted by atomic mass is 10.3. The summed E-state index contributed by atoms with van der Waals surface area (Å²) >= 11 is 0. The van der Waals surface area contributed by atoms with Gasteiger partial charge in [0, 0.05) is 19.4 Å². The minimum absolute atomic E-state index is 0.0874. The van der Waals surface area contributed by atoms with Crippen LogP contribution in [-0.2, 0) is 9.59 Å². The molecule has 3 heteroatoms. The van der Waals surface area contributed by atoms with Crippen molar-refractivity contribution >= 4 is 11.7 Å². The van der Waals surface area contributed by atoms with Gasteiger partial charge >= 0.3 is 0 Å². The highest BCUT2D eigenvalue weighted by Gasteiger charge is 1.96. The molecule has 0 atom stereocenters. The zero-order chi connectivity index (χ0) is 7.98. The number of amides is 1. The van der Waals surface area contributed by atoms with E-state index in [-0.39, 0.29) is 18.1 Å². The van der Waals surface area contributed by atoms with E-state index in [9.17, 15) is 9.59 Å². The lowest BCUT2D eigenvalue weighted by Gasteiger charge is -1.98. The largest absolute Gasteiger partial charge is 0.356 e. The second-order valence-corrected chi connectivity index (χ2v) is 2.05. The van der Waals surface area contributed by atoms with Crippen LogP contribution in [0.25, 0.3) is 0 Å². The van der Waals surface area contributed by atoms with Crippen LogP contribution >= 0.6 is 0 Å². The maximum atomic E-state index is 10.5. The van der Waals surface area contributed by atoms with E-state index in [1.54, 1.807) is 0 Å². The van der Waals surface area contributed by atoms with Crippen molar-refractivity contribution in [1.82, 2.24) is 5.32 Å². The molecule has 0 aromatic carbocycles. The minimum Gasteiger partial charge on any atom is -0.356 e. The Kier molecular flexibility index (Phi) is 4.54. The SMILES string of the molecule is [CH2]CC(=O)NCCC(C)=O. The summed E-state index contributed by atoms with van der Waals surface area (Å²) in [6, 6.07) is 0. The van der Waals surface area contributed by atoms with E-state index in [2.05, 4.69) is 12.2 Å². The molecule has 0 spiro atoms. The number of Topliss-reactive ketones (excluding diaryl/α,β-unsaturated/α-hetero) is 1. The van der Waals surface area contributed by atoms with Gasteiger partial charge in [-0.25, -0.2) is 0 Å². The summed E-state index contributed by atoms with van der Waals surface area (Å²) in [5.41, 5.74) is 0. The van der Waals surface area contributed by atoms with Gasteiger partial charge in [-0.05, 0) is 13.8 Å². The van der Waals surface area contributed by atoms with E-state index < -0.39 is 0 Å². The zero-order valence-corrected chi connectivity index (χ0v) is 6.14. The summed E-state index contributed by atoms with van der Waals surface area (Å²) in [6.07, 6.45) is 0.643. The molecule has 0 rings (SSSR count). The fourth-order valence-corrected chi connectivity index (χ4v) is 0.466. The van der Waals surface area contributed by atoms with E-state index in [1.807, 2.05) is 0 Å². The molecule has 0 saturated heterocycles. The van der Waals surface area contributed by atoms with Crippen LogP contribution in [-0.4, -0.2) is 18.2 Å². The van der Waals surface area contributed by atoms with Crippen molar-refractivity contribution in [2.75, 3.05) is 6.54 Å². The Balaban J connectivity index is 3.20. The van der Waals surface area contributed by atoms with E-state index in [0.29, 0.717) is 13.0 Å². The van der Waals surface area contributed by atoms with Crippen LogP contribution in [0.2, 0.25) is 0 Å². The van der Waals surface area contributed by atoms with Gasteiger partial charge in [-0.3, -0.25) is 9.59 Å². The molecule has 1 amide bonds. The number of hydrogen-bond acceptors (Lipinski definition) is 2. The van der Waals surface area contributed by atoms with Crippen molar-refractivity contribution in [1.29, 1.82) is 0 Å². The third-order valence-electron chi connectivity index (χ3n) is 1.03. The van der Waals surface area contributed by atoms with Gasteiger partial charge in [-0.2, -0.15) is 0 Å². The normalized spacial score (nSPS) is 9.00. The molecule has 1 N–H and O–H groups in total. The van der Waals surface area contributed by atoms with Gasteiger partial charge in [-0.1, -0.05) is 0 Å². The monoisotopic (exact) mass is 142 g/mol. The fraction of sp³-hybridized carbons (Fsp3) is 0.571. The van der Waals surface area contributed by atoms with E-state index >= 15 is 0 Å². The average Bonchev–Trinajstić information content (AvgIpc) is 1.87. The molecule has 0 saturated carbocycles. The number of hydrogen-bond donors (Lipinski definition) is 1. The third kappa shape index (κ3) is 5.28. The van der Waals surface area contributed by atoms with Gasteiger partial charge in [0.1, 0.15) is 5.78 Å². The van der Waals surface area contributed by atoms with Gasteiger partial charge in [-0.15, -0.1) is 0 Å². The Bertz CT molecular complexity index is 132. The van der Waals surface area contributed by atoms with Gasteiger partial charge in [0.05, 0.1) is 0 Å². The molecule has 57 valence electrons. The summed E-state index contributed by atoms with van der Waals surface area (Å²) in [5, 5.41) is 2.54. The highest BCUT2D eigenvalue weighted by atomic mass is 16.1. The summed E-state index contributed by atoms with van der Waals surface area (Å²) in [7, 11) is 0. The number of carbonyl (C=O) groups excluding carboxylic acids is 2. The first-order chi connectivity index (χ1) is 4.66. The topological polar surface area (TPSA) is 46.2 Å². The molecule has 3 nitrogen and oxygen atoms in total. The number of rotatable bonds is 4. The molecule has 0 aliphatic carbocycles. The maximum Gasteiger partial charge on any atom is 0.220 e. The van der Waals surface area contributed by atoms with Crippen molar-refractivity contribution in [3.8, 4) is 0 Å². The van der Waals surface area contributed by atoms with E-state index in [1.165, 1.54) is 6.92 Å². The van der Waals surface area contributed by atoms with Crippen molar-refractivity contribution in [2.45, 2.75) is 19.8 Å². The van der Waals surface area contributed by atoms with Crippen LogP contribution in [0, 0.1) is 6.92 Å². The minimum atomic E-state index is -0.110. The summed E-state index contributed by atoms with van der Waals surface area (Å²) < 4.78 is 0.